The molecule has 0 aliphatic carbocycles. The standard InChI is InChI=1S/C9H16N2O4/c1-3-7(9(14)15)11-8(13)4-5-10-6(2)12/h7H,3-5H2,1-2H3,(H,10,12)(H,11,13)(H,14,15). The van der Waals surface area contributed by atoms with Gasteiger partial charge < -0.3 is 15.7 Å². The molecule has 0 aromatic carbocycles. The predicted molar refractivity (Wildman–Crippen MR) is 53.2 cm³/mol. The molecule has 6 heteroatoms. The van der Waals surface area contributed by atoms with Gasteiger partial charge in [0, 0.05) is 19.9 Å². The van der Waals surface area contributed by atoms with E-state index in [0.29, 0.717) is 6.42 Å². The molecule has 0 bridgehead atoms. The van der Waals surface area contributed by atoms with Crippen molar-refractivity contribution in [3.8, 4) is 0 Å². The number of carbonyl (C=O) groups excluding carboxylic acids is 2. The molecule has 2 amide bonds. The fourth-order valence-electron chi connectivity index (χ4n) is 0.957. The molecule has 0 rings (SSSR count). The molecule has 0 aromatic heterocycles. The molecule has 0 aliphatic heterocycles. The fraction of sp³-hybridized carbons (Fsp3) is 0.667. The third-order valence-corrected chi connectivity index (χ3v) is 1.77. The lowest BCUT2D eigenvalue weighted by Gasteiger charge is -2.11. The van der Waals surface area contributed by atoms with Gasteiger partial charge in [-0.25, -0.2) is 4.79 Å². The third-order valence-electron chi connectivity index (χ3n) is 1.77. The van der Waals surface area contributed by atoms with Crippen molar-refractivity contribution < 1.29 is 19.5 Å². The van der Waals surface area contributed by atoms with Crippen molar-refractivity contribution in [1.29, 1.82) is 0 Å². The van der Waals surface area contributed by atoms with Gasteiger partial charge in [0.25, 0.3) is 0 Å². The van der Waals surface area contributed by atoms with Gasteiger partial charge in [-0.15, -0.1) is 0 Å². The van der Waals surface area contributed by atoms with Gasteiger partial charge in [0.15, 0.2) is 0 Å². The summed E-state index contributed by atoms with van der Waals surface area (Å²) < 4.78 is 0. The lowest BCUT2D eigenvalue weighted by atomic mass is 10.2. The molecule has 3 N–H and O–H groups in total. The van der Waals surface area contributed by atoms with E-state index in [9.17, 15) is 14.4 Å². The van der Waals surface area contributed by atoms with E-state index in [4.69, 9.17) is 5.11 Å². The minimum absolute atomic E-state index is 0.0867. The molecule has 6 nitrogen and oxygen atoms in total. The summed E-state index contributed by atoms with van der Waals surface area (Å²) in [5.41, 5.74) is 0. The minimum Gasteiger partial charge on any atom is -0.480 e. The Balaban J connectivity index is 3.81. The minimum atomic E-state index is -1.05. The van der Waals surface area contributed by atoms with Crippen LogP contribution >= 0.6 is 0 Å². The van der Waals surface area contributed by atoms with Crippen LogP contribution in [0.2, 0.25) is 0 Å². The van der Waals surface area contributed by atoms with E-state index in [1.54, 1.807) is 6.92 Å². The van der Waals surface area contributed by atoms with Crippen LogP contribution in [-0.4, -0.2) is 35.5 Å². The second-order valence-electron chi connectivity index (χ2n) is 3.10. The van der Waals surface area contributed by atoms with E-state index < -0.39 is 12.0 Å². The maximum absolute atomic E-state index is 11.2. The van der Waals surface area contributed by atoms with E-state index in [1.807, 2.05) is 0 Å². The summed E-state index contributed by atoms with van der Waals surface area (Å²) in [4.78, 5) is 32.2. The van der Waals surface area contributed by atoms with Crippen LogP contribution in [0.5, 0.6) is 0 Å². The smallest absolute Gasteiger partial charge is 0.326 e. The molecule has 0 aromatic rings. The Morgan fingerprint density at radius 1 is 1.33 bits per heavy atom. The van der Waals surface area contributed by atoms with Crippen LogP contribution in [0.25, 0.3) is 0 Å². The van der Waals surface area contributed by atoms with Crippen LogP contribution in [0.3, 0.4) is 0 Å². The second kappa shape index (κ2) is 6.80. The Kier molecular flexibility index (Phi) is 6.08. The number of carboxylic acids is 1. The number of aliphatic carboxylic acids is 1. The van der Waals surface area contributed by atoms with E-state index in [0.717, 1.165) is 0 Å². The van der Waals surface area contributed by atoms with Crippen LogP contribution < -0.4 is 10.6 Å². The predicted octanol–water partition coefficient (Wildman–Crippen LogP) is -0.508. The van der Waals surface area contributed by atoms with Crippen LogP contribution in [0.15, 0.2) is 0 Å². The zero-order chi connectivity index (χ0) is 11.8. The average Bonchev–Trinajstić information content (AvgIpc) is 2.13. The zero-order valence-corrected chi connectivity index (χ0v) is 8.87. The zero-order valence-electron chi connectivity index (χ0n) is 8.87. The average molecular weight is 216 g/mol. The second-order valence-corrected chi connectivity index (χ2v) is 3.10. The van der Waals surface area contributed by atoms with Crippen LogP contribution in [0, 0.1) is 0 Å². The van der Waals surface area contributed by atoms with Crippen molar-refractivity contribution in [1.82, 2.24) is 10.6 Å². The van der Waals surface area contributed by atoms with Crippen molar-refractivity contribution >= 4 is 17.8 Å². The summed E-state index contributed by atoms with van der Waals surface area (Å²) in [7, 11) is 0. The summed E-state index contributed by atoms with van der Waals surface area (Å²) in [6, 6.07) is -0.852. The topological polar surface area (TPSA) is 95.5 Å². The lowest BCUT2D eigenvalue weighted by Crippen LogP contribution is -2.41. The maximum atomic E-state index is 11.2. The Labute approximate surface area is 88.0 Å². The van der Waals surface area contributed by atoms with E-state index in [-0.39, 0.29) is 24.8 Å². The molecule has 1 atom stereocenters. The molecule has 86 valence electrons. The quantitative estimate of drug-likeness (QED) is 0.557. The normalized spacial score (nSPS) is 11.6. The molecule has 0 saturated heterocycles. The number of nitrogens with one attached hydrogen (secondary N) is 2. The third kappa shape index (κ3) is 6.48. The molecule has 1 unspecified atom stereocenters. The van der Waals surface area contributed by atoms with Gasteiger partial charge in [0.2, 0.25) is 11.8 Å². The van der Waals surface area contributed by atoms with Crippen LogP contribution in [0.1, 0.15) is 26.7 Å². The highest BCUT2D eigenvalue weighted by Gasteiger charge is 2.16. The summed E-state index contributed by atoms with van der Waals surface area (Å²) in [5.74, 6) is -1.64. The number of carboxylic acid groups (broad SMARTS) is 1. The first-order valence-electron chi connectivity index (χ1n) is 4.74. The highest BCUT2D eigenvalue weighted by atomic mass is 16.4. The molecular formula is C9H16N2O4. The van der Waals surface area contributed by atoms with Gasteiger partial charge in [-0.3, -0.25) is 9.59 Å². The van der Waals surface area contributed by atoms with Gasteiger partial charge >= 0.3 is 5.97 Å². The van der Waals surface area contributed by atoms with Crippen molar-refractivity contribution in [3.05, 3.63) is 0 Å². The Morgan fingerprint density at radius 2 is 1.93 bits per heavy atom. The maximum Gasteiger partial charge on any atom is 0.326 e. The Hall–Kier alpha value is -1.59. The van der Waals surface area contributed by atoms with Crippen molar-refractivity contribution in [2.45, 2.75) is 32.7 Å². The monoisotopic (exact) mass is 216 g/mol. The van der Waals surface area contributed by atoms with E-state index >= 15 is 0 Å². The first kappa shape index (κ1) is 13.4. The lowest BCUT2D eigenvalue weighted by molar-refractivity contribution is -0.141. The molecule has 0 spiro atoms. The van der Waals surface area contributed by atoms with Crippen molar-refractivity contribution in [2.75, 3.05) is 6.54 Å². The number of rotatable bonds is 6. The number of amides is 2. The molecule has 0 saturated carbocycles. The Bertz CT molecular complexity index is 252. The first-order valence-corrected chi connectivity index (χ1v) is 4.74. The highest BCUT2D eigenvalue weighted by molar-refractivity contribution is 5.83. The fourth-order valence-corrected chi connectivity index (χ4v) is 0.957. The summed E-state index contributed by atoms with van der Waals surface area (Å²) in [6.07, 6.45) is 0.421. The highest BCUT2D eigenvalue weighted by Crippen LogP contribution is 1.91. The SMILES string of the molecule is CCC(NC(=O)CCNC(C)=O)C(=O)O. The summed E-state index contributed by atoms with van der Waals surface area (Å²) >= 11 is 0. The van der Waals surface area contributed by atoms with E-state index in [1.165, 1.54) is 6.92 Å². The molecule has 0 fully saturated rings. The van der Waals surface area contributed by atoms with Gasteiger partial charge in [-0.2, -0.15) is 0 Å². The molecule has 0 heterocycles. The van der Waals surface area contributed by atoms with Crippen LogP contribution in [0.4, 0.5) is 0 Å². The molecular weight excluding hydrogens is 200 g/mol. The van der Waals surface area contributed by atoms with Gasteiger partial charge in [-0.1, -0.05) is 6.92 Å². The van der Waals surface area contributed by atoms with Crippen LogP contribution in [-0.2, 0) is 14.4 Å². The summed E-state index contributed by atoms with van der Waals surface area (Å²) in [6.45, 7) is 3.24. The molecule has 0 radical (unpaired) electrons. The largest absolute Gasteiger partial charge is 0.480 e. The van der Waals surface area contributed by atoms with E-state index in [2.05, 4.69) is 10.6 Å². The van der Waals surface area contributed by atoms with Gasteiger partial charge in [0.05, 0.1) is 0 Å². The molecule has 15 heavy (non-hydrogen) atoms. The van der Waals surface area contributed by atoms with Crippen molar-refractivity contribution in [3.63, 3.8) is 0 Å². The number of hydrogen-bond acceptors (Lipinski definition) is 3. The first-order chi connectivity index (χ1) is 6.97. The summed E-state index contributed by atoms with van der Waals surface area (Å²) in [5, 5.41) is 13.5. The molecule has 0 aliphatic rings. The van der Waals surface area contributed by atoms with Gasteiger partial charge in [-0.05, 0) is 6.42 Å². The number of hydrogen-bond donors (Lipinski definition) is 3. The van der Waals surface area contributed by atoms with Gasteiger partial charge in [0.1, 0.15) is 6.04 Å². The Morgan fingerprint density at radius 3 is 2.33 bits per heavy atom. The number of carbonyl (C=O) groups is 3. The van der Waals surface area contributed by atoms with Crippen molar-refractivity contribution in [2.24, 2.45) is 0 Å².